The maximum absolute atomic E-state index is 12.0. The topological polar surface area (TPSA) is 93.5 Å². The van der Waals surface area contributed by atoms with Gasteiger partial charge in [0.05, 0.1) is 19.0 Å². The molecular weight excluding hydrogens is 284 g/mol. The van der Waals surface area contributed by atoms with Crippen LogP contribution < -0.4 is 4.72 Å². The minimum atomic E-state index is -3.64. The predicted octanol–water partition coefficient (Wildman–Crippen LogP) is -1.05. The lowest BCUT2D eigenvalue weighted by atomic mass is 10.3. The molecule has 1 fully saturated rings. The molecule has 112 valence electrons. The minimum absolute atomic E-state index is 0.0285. The van der Waals surface area contributed by atoms with Crippen molar-refractivity contribution >= 4 is 15.9 Å². The van der Waals surface area contributed by atoms with Gasteiger partial charge in [-0.1, -0.05) is 0 Å². The number of carbonyl (C=O) groups is 1. The van der Waals surface area contributed by atoms with E-state index in [-0.39, 0.29) is 23.6 Å². The maximum atomic E-state index is 12.0. The number of aryl methyl sites for hydroxylation is 1. The first-order valence-corrected chi connectivity index (χ1v) is 7.71. The van der Waals surface area contributed by atoms with Crippen LogP contribution in [0, 0.1) is 0 Å². The lowest BCUT2D eigenvalue weighted by Crippen LogP contribution is -2.49. The Hall–Kier alpha value is -1.45. The van der Waals surface area contributed by atoms with Crippen LogP contribution in [-0.4, -0.2) is 61.1 Å². The SMILES string of the molecule is CC(=O)N1CCO[C@@H](CNS(=O)(=O)c2cn(C)cn2)C1. The highest BCUT2D eigenvalue weighted by Gasteiger charge is 2.25. The number of rotatable bonds is 4. The molecule has 1 aliphatic rings. The summed E-state index contributed by atoms with van der Waals surface area (Å²) in [6.07, 6.45) is 2.50. The van der Waals surface area contributed by atoms with E-state index in [1.54, 1.807) is 16.5 Å². The standard InChI is InChI=1S/C11H18N4O4S/c1-9(16)15-3-4-19-10(6-15)5-13-20(17,18)11-7-14(2)8-12-11/h7-8,10,13H,3-6H2,1-2H3/t10-/m0/s1. The zero-order valence-electron chi connectivity index (χ0n) is 11.4. The number of carbonyl (C=O) groups excluding carboxylic acids is 1. The lowest BCUT2D eigenvalue weighted by Gasteiger charge is -2.32. The number of nitrogens with zero attached hydrogens (tertiary/aromatic N) is 3. The number of nitrogens with one attached hydrogen (secondary N) is 1. The van der Waals surface area contributed by atoms with Gasteiger partial charge in [0.15, 0.2) is 5.03 Å². The van der Waals surface area contributed by atoms with Crippen LogP contribution in [0.15, 0.2) is 17.6 Å². The Morgan fingerprint density at radius 2 is 2.35 bits per heavy atom. The Morgan fingerprint density at radius 3 is 2.95 bits per heavy atom. The Morgan fingerprint density at radius 1 is 1.60 bits per heavy atom. The summed E-state index contributed by atoms with van der Waals surface area (Å²) in [5.41, 5.74) is 0. The lowest BCUT2D eigenvalue weighted by molar-refractivity contribution is -0.136. The van der Waals surface area contributed by atoms with Crippen LogP contribution in [0.5, 0.6) is 0 Å². The maximum Gasteiger partial charge on any atom is 0.259 e. The van der Waals surface area contributed by atoms with Crippen molar-refractivity contribution in [3.8, 4) is 0 Å². The van der Waals surface area contributed by atoms with Gasteiger partial charge in [-0.05, 0) is 0 Å². The first kappa shape index (κ1) is 14.9. The van der Waals surface area contributed by atoms with Gasteiger partial charge in [-0.3, -0.25) is 4.79 Å². The van der Waals surface area contributed by atoms with Crippen molar-refractivity contribution in [3.05, 3.63) is 12.5 Å². The van der Waals surface area contributed by atoms with Gasteiger partial charge >= 0.3 is 0 Å². The fraction of sp³-hybridized carbons (Fsp3) is 0.636. The smallest absolute Gasteiger partial charge is 0.259 e. The van der Waals surface area contributed by atoms with Gasteiger partial charge in [0.2, 0.25) is 5.91 Å². The van der Waals surface area contributed by atoms with E-state index < -0.39 is 10.0 Å². The van der Waals surface area contributed by atoms with E-state index >= 15 is 0 Å². The second-order valence-corrected chi connectivity index (χ2v) is 6.40. The Bertz CT molecular complexity index is 583. The van der Waals surface area contributed by atoms with E-state index in [9.17, 15) is 13.2 Å². The number of aromatic nitrogens is 2. The summed E-state index contributed by atoms with van der Waals surface area (Å²) in [5.74, 6) is -0.0362. The van der Waals surface area contributed by atoms with Gasteiger partial charge in [0, 0.05) is 39.8 Å². The molecule has 8 nitrogen and oxygen atoms in total. The summed E-state index contributed by atoms with van der Waals surface area (Å²) in [5, 5.41) is -0.0285. The van der Waals surface area contributed by atoms with Crippen LogP contribution in [0.4, 0.5) is 0 Å². The van der Waals surface area contributed by atoms with Gasteiger partial charge < -0.3 is 14.2 Å². The fourth-order valence-electron chi connectivity index (χ4n) is 1.93. The van der Waals surface area contributed by atoms with Crippen molar-refractivity contribution in [2.75, 3.05) is 26.2 Å². The molecule has 1 N–H and O–H groups in total. The molecule has 2 rings (SSSR count). The summed E-state index contributed by atoms with van der Waals surface area (Å²) < 4.78 is 33.4. The van der Waals surface area contributed by atoms with Crippen molar-refractivity contribution in [2.24, 2.45) is 7.05 Å². The van der Waals surface area contributed by atoms with E-state index in [4.69, 9.17) is 4.74 Å². The van der Waals surface area contributed by atoms with Crippen LogP contribution in [-0.2, 0) is 26.6 Å². The molecule has 1 aliphatic heterocycles. The van der Waals surface area contributed by atoms with Crippen LogP contribution in [0.2, 0.25) is 0 Å². The summed E-state index contributed by atoms with van der Waals surface area (Å²) in [4.78, 5) is 16.7. The summed E-state index contributed by atoms with van der Waals surface area (Å²) in [6, 6.07) is 0. The number of hydrogen-bond donors (Lipinski definition) is 1. The highest BCUT2D eigenvalue weighted by Crippen LogP contribution is 2.07. The van der Waals surface area contributed by atoms with Crippen LogP contribution in [0.1, 0.15) is 6.92 Å². The summed E-state index contributed by atoms with van der Waals surface area (Å²) in [6.45, 7) is 2.94. The van der Waals surface area contributed by atoms with E-state index in [2.05, 4.69) is 9.71 Å². The number of imidazole rings is 1. The first-order chi connectivity index (χ1) is 9.38. The molecule has 0 spiro atoms. The molecule has 0 unspecified atom stereocenters. The van der Waals surface area contributed by atoms with Gasteiger partial charge in [-0.15, -0.1) is 0 Å². The molecule has 2 heterocycles. The van der Waals surface area contributed by atoms with Gasteiger partial charge in [-0.2, -0.15) is 0 Å². The number of ether oxygens (including phenoxy) is 1. The summed E-state index contributed by atoms with van der Waals surface area (Å²) >= 11 is 0. The van der Waals surface area contributed by atoms with Crippen molar-refractivity contribution in [2.45, 2.75) is 18.1 Å². The highest BCUT2D eigenvalue weighted by atomic mass is 32.2. The largest absolute Gasteiger partial charge is 0.373 e. The molecule has 20 heavy (non-hydrogen) atoms. The molecule has 0 aliphatic carbocycles. The monoisotopic (exact) mass is 302 g/mol. The van der Waals surface area contributed by atoms with E-state index in [1.807, 2.05) is 0 Å². The quantitative estimate of drug-likeness (QED) is 0.765. The van der Waals surface area contributed by atoms with E-state index in [0.29, 0.717) is 19.7 Å². The van der Waals surface area contributed by atoms with Crippen molar-refractivity contribution in [3.63, 3.8) is 0 Å². The average Bonchev–Trinajstić information content (AvgIpc) is 2.84. The van der Waals surface area contributed by atoms with Gasteiger partial charge in [-0.25, -0.2) is 18.1 Å². The van der Waals surface area contributed by atoms with Crippen molar-refractivity contribution in [1.29, 1.82) is 0 Å². The molecule has 1 amide bonds. The highest BCUT2D eigenvalue weighted by molar-refractivity contribution is 7.89. The first-order valence-electron chi connectivity index (χ1n) is 6.23. The third-order valence-corrected chi connectivity index (χ3v) is 4.35. The predicted molar refractivity (Wildman–Crippen MR) is 70.4 cm³/mol. The fourth-order valence-corrected chi connectivity index (χ4v) is 2.98. The van der Waals surface area contributed by atoms with Gasteiger partial charge in [0.25, 0.3) is 10.0 Å². The third-order valence-electron chi connectivity index (χ3n) is 3.04. The number of morpholine rings is 1. The van der Waals surface area contributed by atoms with Crippen molar-refractivity contribution in [1.82, 2.24) is 19.2 Å². The number of hydrogen-bond acceptors (Lipinski definition) is 5. The molecule has 9 heteroatoms. The zero-order chi connectivity index (χ0) is 14.8. The Labute approximate surface area is 117 Å². The molecular formula is C11H18N4O4S. The molecule has 1 atom stereocenters. The third kappa shape index (κ3) is 3.56. The molecule has 1 aromatic heterocycles. The molecule has 0 bridgehead atoms. The van der Waals surface area contributed by atoms with E-state index in [1.165, 1.54) is 19.4 Å². The second-order valence-electron chi connectivity index (χ2n) is 4.69. The average molecular weight is 302 g/mol. The second kappa shape index (κ2) is 5.90. The number of sulfonamides is 1. The van der Waals surface area contributed by atoms with Gasteiger partial charge in [0.1, 0.15) is 0 Å². The Balaban J connectivity index is 1.93. The number of amides is 1. The van der Waals surface area contributed by atoms with Crippen molar-refractivity contribution < 1.29 is 17.9 Å². The molecule has 0 radical (unpaired) electrons. The molecule has 1 aromatic rings. The molecule has 0 saturated carbocycles. The normalized spacial score (nSPS) is 20.1. The van der Waals surface area contributed by atoms with Crippen LogP contribution in [0.3, 0.4) is 0 Å². The Kier molecular flexibility index (Phi) is 4.41. The van der Waals surface area contributed by atoms with Crippen LogP contribution >= 0.6 is 0 Å². The summed E-state index contributed by atoms with van der Waals surface area (Å²) in [7, 11) is -1.95. The molecule has 1 saturated heterocycles. The molecule has 0 aromatic carbocycles. The minimum Gasteiger partial charge on any atom is -0.373 e. The van der Waals surface area contributed by atoms with E-state index in [0.717, 1.165) is 0 Å². The zero-order valence-corrected chi connectivity index (χ0v) is 12.3. The van der Waals surface area contributed by atoms with Crippen LogP contribution in [0.25, 0.3) is 0 Å².